The topological polar surface area (TPSA) is 160 Å². The molecule has 0 spiro atoms. The Balaban J connectivity index is 1.35. The molecule has 0 aliphatic carbocycles. The zero-order valence-corrected chi connectivity index (χ0v) is 28.6. The molecule has 0 aliphatic heterocycles. The molecule has 51 heavy (non-hydrogen) atoms. The van der Waals surface area contributed by atoms with Crippen LogP contribution < -0.4 is 9.47 Å². The maximum Gasteiger partial charge on any atom is 0.330 e. The summed E-state index contributed by atoms with van der Waals surface area (Å²) in [5, 5.41) is 31.7. The Morgan fingerprint density at radius 1 is 0.980 bits per heavy atom. The summed E-state index contributed by atoms with van der Waals surface area (Å²) in [5.41, 5.74) is 4.05. The number of nitrogens with zero attached hydrogens (tertiary/aromatic N) is 2. The number of carbonyl (C=O) groups is 2. The van der Waals surface area contributed by atoms with Crippen LogP contribution >= 0.6 is 0 Å². The van der Waals surface area contributed by atoms with E-state index in [0.29, 0.717) is 18.4 Å². The van der Waals surface area contributed by atoms with E-state index in [1.54, 1.807) is 36.4 Å². The highest BCUT2D eigenvalue weighted by molar-refractivity contribution is 6.01. The van der Waals surface area contributed by atoms with Gasteiger partial charge in [-0.25, -0.2) is 9.18 Å². The fourth-order valence-corrected chi connectivity index (χ4v) is 5.52. The lowest BCUT2D eigenvalue weighted by molar-refractivity contribution is -0.757. The Labute approximate surface area is 294 Å². The molecule has 2 N–H and O–H groups in total. The number of rotatable bonds is 18. The first-order valence-corrected chi connectivity index (χ1v) is 16.4. The first-order valence-electron chi connectivity index (χ1n) is 16.4. The Hall–Kier alpha value is -5.53. The van der Waals surface area contributed by atoms with Crippen LogP contribution in [0.2, 0.25) is 0 Å². The standard InChI is InChI=1S/C38H41FN2O10/c1-25(2)40-32-9-5-4-8-31(32)38(27-12-14-28(39)15-13-27)33(40)17-16-29(42)23-30(43)24-37(45)51-34-18-10-26(22-35(34)48-3)11-19-36(44)49-20-6-7-21-50-41(46)47/h4-5,8-19,22,25,29-30,42-43H,6-7,20-21,23-24H2,1-3H3/b17-16+,19-11+/t29-,30-/m1/s1. The number of hydrogen-bond donors (Lipinski definition) is 2. The van der Waals surface area contributed by atoms with E-state index in [2.05, 4.69) is 9.40 Å². The van der Waals surface area contributed by atoms with Gasteiger partial charge in [0.2, 0.25) is 0 Å². The van der Waals surface area contributed by atoms with Gasteiger partial charge >= 0.3 is 11.9 Å². The van der Waals surface area contributed by atoms with Gasteiger partial charge in [-0.1, -0.05) is 42.5 Å². The zero-order valence-electron chi connectivity index (χ0n) is 28.6. The van der Waals surface area contributed by atoms with Crippen molar-refractivity contribution in [3.05, 3.63) is 106 Å². The Morgan fingerprint density at radius 3 is 2.41 bits per heavy atom. The van der Waals surface area contributed by atoms with E-state index in [0.717, 1.165) is 27.7 Å². The van der Waals surface area contributed by atoms with Crippen LogP contribution in [0.5, 0.6) is 11.5 Å². The summed E-state index contributed by atoms with van der Waals surface area (Å²) >= 11 is 0. The molecule has 0 saturated carbocycles. The number of hydrogen-bond acceptors (Lipinski definition) is 10. The molecular formula is C38H41FN2O10. The van der Waals surface area contributed by atoms with Gasteiger partial charge in [0.15, 0.2) is 11.5 Å². The second kappa shape index (κ2) is 18.5. The fraction of sp³-hybridized carbons (Fsp3) is 0.316. The van der Waals surface area contributed by atoms with E-state index >= 15 is 0 Å². The number of halogens is 1. The van der Waals surface area contributed by atoms with Crippen molar-refractivity contribution in [3.63, 3.8) is 0 Å². The molecule has 270 valence electrons. The van der Waals surface area contributed by atoms with Crippen molar-refractivity contribution in [2.45, 2.75) is 57.8 Å². The second-order valence-corrected chi connectivity index (χ2v) is 11.9. The van der Waals surface area contributed by atoms with E-state index < -0.39 is 35.7 Å². The molecule has 0 bridgehead atoms. The maximum absolute atomic E-state index is 13.8. The highest BCUT2D eigenvalue weighted by atomic mass is 19.1. The van der Waals surface area contributed by atoms with Gasteiger partial charge in [0.1, 0.15) is 5.82 Å². The summed E-state index contributed by atoms with van der Waals surface area (Å²) in [6.07, 6.45) is 3.94. The summed E-state index contributed by atoms with van der Waals surface area (Å²) in [5.74, 6) is -1.39. The van der Waals surface area contributed by atoms with Crippen LogP contribution in [0.4, 0.5) is 4.39 Å². The Kier molecular flexibility index (Phi) is 13.9. The average Bonchev–Trinajstić information content (AvgIpc) is 3.43. The molecule has 0 unspecified atom stereocenters. The summed E-state index contributed by atoms with van der Waals surface area (Å²) in [4.78, 5) is 39.0. The third-order valence-electron chi connectivity index (χ3n) is 7.79. The highest BCUT2D eigenvalue weighted by Gasteiger charge is 2.21. The summed E-state index contributed by atoms with van der Waals surface area (Å²) in [6.45, 7) is 4.09. The van der Waals surface area contributed by atoms with E-state index in [-0.39, 0.29) is 43.0 Å². The molecule has 4 aromatic rings. The van der Waals surface area contributed by atoms with Crippen LogP contribution in [0.3, 0.4) is 0 Å². The number of aliphatic hydroxyl groups is 2. The van der Waals surface area contributed by atoms with Crippen LogP contribution in [-0.4, -0.2) is 64.3 Å². The summed E-state index contributed by atoms with van der Waals surface area (Å²) in [6, 6.07) is 18.8. The van der Waals surface area contributed by atoms with Gasteiger partial charge in [-0.05, 0) is 80.3 Å². The number of esters is 2. The maximum atomic E-state index is 13.8. The average molecular weight is 705 g/mol. The number of aliphatic hydroxyl groups excluding tert-OH is 2. The third-order valence-corrected chi connectivity index (χ3v) is 7.79. The van der Waals surface area contributed by atoms with Gasteiger partial charge in [0, 0.05) is 40.7 Å². The molecule has 0 fully saturated rings. The van der Waals surface area contributed by atoms with Crippen LogP contribution in [-0.2, 0) is 19.2 Å². The molecule has 13 heteroatoms. The number of unbranched alkanes of at least 4 members (excludes halogenated alkanes) is 1. The molecule has 0 amide bonds. The van der Waals surface area contributed by atoms with E-state index in [1.807, 2.05) is 38.1 Å². The zero-order chi connectivity index (χ0) is 36.9. The number of ether oxygens (including phenoxy) is 3. The largest absolute Gasteiger partial charge is 0.493 e. The van der Waals surface area contributed by atoms with Crippen molar-refractivity contribution >= 4 is 35.0 Å². The predicted octanol–water partition coefficient (Wildman–Crippen LogP) is 6.70. The van der Waals surface area contributed by atoms with Gasteiger partial charge in [-0.2, -0.15) is 0 Å². The summed E-state index contributed by atoms with van der Waals surface area (Å²) < 4.78 is 31.7. The number of aromatic nitrogens is 1. The Morgan fingerprint density at radius 2 is 1.71 bits per heavy atom. The van der Waals surface area contributed by atoms with E-state index in [4.69, 9.17) is 14.2 Å². The van der Waals surface area contributed by atoms with Gasteiger partial charge in [-0.15, -0.1) is 10.1 Å². The molecule has 1 aromatic heterocycles. The quantitative estimate of drug-likeness (QED) is 0.0285. The van der Waals surface area contributed by atoms with Crippen molar-refractivity contribution < 1.29 is 48.3 Å². The molecule has 1 heterocycles. The monoisotopic (exact) mass is 704 g/mol. The SMILES string of the molecule is COc1cc(/C=C/C(=O)OCCCCO[N+](=O)[O-])ccc1OC(=O)C[C@H](O)C[C@H](O)/C=C/c1c(-c2ccc(F)cc2)c2ccccc2n1C(C)C. The van der Waals surface area contributed by atoms with Gasteiger partial charge in [0.05, 0.1) is 39.0 Å². The number of para-hydroxylation sites is 1. The molecule has 0 saturated heterocycles. The lowest BCUT2D eigenvalue weighted by atomic mass is 10.0. The molecule has 0 radical (unpaired) electrons. The van der Waals surface area contributed by atoms with Gasteiger partial charge in [0.25, 0.3) is 5.09 Å². The molecule has 0 aliphatic rings. The first-order chi connectivity index (χ1) is 24.5. The lowest BCUT2D eigenvalue weighted by Gasteiger charge is -2.16. The molecular weight excluding hydrogens is 663 g/mol. The molecule has 3 aromatic carbocycles. The van der Waals surface area contributed by atoms with Crippen LogP contribution in [0.15, 0.2) is 78.9 Å². The molecule has 12 nitrogen and oxygen atoms in total. The van der Waals surface area contributed by atoms with E-state index in [1.165, 1.54) is 37.5 Å². The van der Waals surface area contributed by atoms with Crippen LogP contribution in [0.1, 0.15) is 56.8 Å². The van der Waals surface area contributed by atoms with Crippen molar-refractivity contribution in [3.8, 4) is 22.6 Å². The Bertz CT molecular complexity index is 1870. The van der Waals surface area contributed by atoms with E-state index in [9.17, 15) is 34.3 Å². The van der Waals surface area contributed by atoms with Crippen molar-refractivity contribution in [2.24, 2.45) is 0 Å². The lowest BCUT2D eigenvalue weighted by Crippen LogP contribution is -2.22. The second-order valence-electron chi connectivity index (χ2n) is 11.9. The number of carbonyl (C=O) groups excluding carboxylic acids is 2. The van der Waals surface area contributed by atoms with Crippen molar-refractivity contribution in [1.82, 2.24) is 4.57 Å². The number of methoxy groups -OCH3 is 1. The third kappa shape index (κ3) is 11.0. The van der Waals surface area contributed by atoms with Gasteiger partial charge < -0.3 is 33.8 Å². The summed E-state index contributed by atoms with van der Waals surface area (Å²) in [7, 11) is 1.38. The minimum atomic E-state index is -1.22. The normalized spacial score (nSPS) is 12.8. The van der Waals surface area contributed by atoms with Crippen molar-refractivity contribution in [1.29, 1.82) is 0 Å². The number of fused-ring (bicyclic) bond motifs is 1. The molecule has 2 atom stereocenters. The first kappa shape index (κ1) is 38.3. The van der Waals surface area contributed by atoms with Crippen LogP contribution in [0.25, 0.3) is 34.2 Å². The smallest absolute Gasteiger partial charge is 0.330 e. The van der Waals surface area contributed by atoms with Crippen LogP contribution in [0, 0.1) is 15.9 Å². The number of benzene rings is 3. The fourth-order valence-electron chi connectivity index (χ4n) is 5.52. The predicted molar refractivity (Wildman–Crippen MR) is 189 cm³/mol. The van der Waals surface area contributed by atoms with Gasteiger partial charge in [-0.3, -0.25) is 4.79 Å². The highest BCUT2D eigenvalue weighted by Crippen LogP contribution is 2.38. The van der Waals surface area contributed by atoms with Crippen molar-refractivity contribution in [2.75, 3.05) is 20.3 Å². The minimum Gasteiger partial charge on any atom is -0.493 e. The molecule has 4 rings (SSSR count). The minimum absolute atomic E-state index is 0.0630.